The average molecular weight is 143 g/mol. The number of hydrogen-bond acceptors (Lipinski definition) is 4. The van der Waals surface area contributed by atoms with E-state index in [4.69, 9.17) is 10.6 Å². The molecule has 56 valence electrons. The Balaban J connectivity index is 4.23. The smallest absolute Gasteiger partial charge is 0.270 e. The minimum atomic E-state index is -0.560. The number of nitrogens with one attached hydrogen (secondary N) is 2. The maximum absolute atomic E-state index is 10.6. The molecule has 0 saturated heterocycles. The van der Waals surface area contributed by atoms with Crippen molar-refractivity contribution >= 4 is 17.3 Å². The third-order valence-corrected chi connectivity index (χ3v) is 0.966. The molecule has 0 fully saturated rings. The summed E-state index contributed by atoms with van der Waals surface area (Å²) < 4.78 is 0. The maximum atomic E-state index is 10.6. The van der Waals surface area contributed by atoms with Gasteiger partial charge in [-0.2, -0.15) is 0 Å². The first kappa shape index (κ1) is 8.61. The molecule has 0 saturated carbocycles. The number of oxime groups is 1. The van der Waals surface area contributed by atoms with Gasteiger partial charge in [0.1, 0.15) is 11.4 Å². The Morgan fingerprint density at radius 2 is 2.20 bits per heavy atom. The SMILES string of the molecule is CNC(=O)C(=N)/C(C)=N\O. The lowest BCUT2D eigenvalue weighted by Crippen LogP contribution is -2.31. The standard InChI is InChI=1S/C5H9N3O2/c1-3(8-10)4(6)5(9)7-2/h6,10H,1-2H3,(H,7,9)/b6-4?,8-3-. The Morgan fingerprint density at radius 1 is 1.70 bits per heavy atom. The lowest BCUT2D eigenvalue weighted by Gasteiger charge is -1.97. The van der Waals surface area contributed by atoms with Gasteiger partial charge in [-0.3, -0.25) is 10.2 Å². The summed E-state index contributed by atoms with van der Waals surface area (Å²) in [7, 11) is 1.40. The zero-order valence-electron chi connectivity index (χ0n) is 5.80. The summed E-state index contributed by atoms with van der Waals surface area (Å²) in [5, 5.41) is 20.0. The van der Waals surface area contributed by atoms with E-state index in [-0.39, 0.29) is 11.4 Å². The van der Waals surface area contributed by atoms with E-state index in [1.807, 2.05) is 0 Å². The van der Waals surface area contributed by atoms with Gasteiger partial charge in [0.15, 0.2) is 0 Å². The van der Waals surface area contributed by atoms with Crippen LogP contribution in [0, 0.1) is 5.41 Å². The molecule has 0 aliphatic heterocycles. The summed E-state index contributed by atoms with van der Waals surface area (Å²) in [6, 6.07) is 0. The van der Waals surface area contributed by atoms with Crippen molar-refractivity contribution in [1.29, 1.82) is 5.41 Å². The van der Waals surface area contributed by atoms with Crippen molar-refractivity contribution in [1.82, 2.24) is 5.32 Å². The van der Waals surface area contributed by atoms with Crippen LogP contribution in [-0.2, 0) is 4.79 Å². The molecule has 0 aromatic heterocycles. The predicted molar refractivity (Wildman–Crippen MR) is 36.7 cm³/mol. The van der Waals surface area contributed by atoms with Crippen LogP contribution in [0.3, 0.4) is 0 Å². The van der Waals surface area contributed by atoms with E-state index < -0.39 is 5.91 Å². The van der Waals surface area contributed by atoms with Gasteiger partial charge in [0.25, 0.3) is 5.91 Å². The van der Waals surface area contributed by atoms with Gasteiger partial charge in [0.05, 0.1) is 0 Å². The van der Waals surface area contributed by atoms with E-state index in [0.29, 0.717) is 0 Å². The van der Waals surface area contributed by atoms with E-state index >= 15 is 0 Å². The first-order valence-electron chi connectivity index (χ1n) is 2.63. The third kappa shape index (κ3) is 1.85. The van der Waals surface area contributed by atoms with Crippen LogP contribution in [0.15, 0.2) is 5.16 Å². The van der Waals surface area contributed by atoms with Gasteiger partial charge in [-0.05, 0) is 6.92 Å². The van der Waals surface area contributed by atoms with Crippen molar-refractivity contribution in [2.75, 3.05) is 7.05 Å². The molecule has 0 rings (SSSR count). The molecule has 0 unspecified atom stereocenters. The molecule has 0 aromatic rings. The fraction of sp³-hybridized carbons (Fsp3) is 0.400. The summed E-state index contributed by atoms with van der Waals surface area (Å²) >= 11 is 0. The van der Waals surface area contributed by atoms with Crippen molar-refractivity contribution in [3.05, 3.63) is 0 Å². The number of nitrogens with zero attached hydrogens (tertiary/aromatic N) is 1. The molecular weight excluding hydrogens is 134 g/mol. The van der Waals surface area contributed by atoms with Crippen molar-refractivity contribution in [2.45, 2.75) is 6.92 Å². The summed E-state index contributed by atoms with van der Waals surface area (Å²) in [6.45, 7) is 1.37. The predicted octanol–water partition coefficient (Wildman–Crippen LogP) is -0.398. The molecule has 5 nitrogen and oxygen atoms in total. The molecule has 0 heterocycles. The van der Waals surface area contributed by atoms with Crippen LogP contribution in [0.25, 0.3) is 0 Å². The Morgan fingerprint density at radius 3 is 2.50 bits per heavy atom. The Hall–Kier alpha value is -1.39. The monoisotopic (exact) mass is 143 g/mol. The molecule has 0 bridgehead atoms. The highest BCUT2D eigenvalue weighted by Gasteiger charge is 2.09. The number of rotatable bonds is 2. The molecule has 0 aliphatic carbocycles. The molecule has 0 spiro atoms. The highest BCUT2D eigenvalue weighted by molar-refractivity contribution is 6.65. The second-order valence-electron chi connectivity index (χ2n) is 1.64. The van der Waals surface area contributed by atoms with Crippen molar-refractivity contribution in [3.63, 3.8) is 0 Å². The van der Waals surface area contributed by atoms with E-state index in [1.54, 1.807) is 0 Å². The van der Waals surface area contributed by atoms with Crippen LogP contribution in [0.4, 0.5) is 0 Å². The number of carbonyl (C=O) groups excluding carboxylic acids is 1. The van der Waals surface area contributed by atoms with Gasteiger partial charge in [0, 0.05) is 7.05 Å². The maximum Gasteiger partial charge on any atom is 0.270 e. The Labute approximate surface area is 58.2 Å². The minimum absolute atomic E-state index is 0.000602. The third-order valence-electron chi connectivity index (χ3n) is 0.966. The summed E-state index contributed by atoms with van der Waals surface area (Å²) in [6.07, 6.45) is 0. The van der Waals surface area contributed by atoms with E-state index in [2.05, 4.69) is 10.5 Å². The van der Waals surface area contributed by atoms with Crippen molar-refractivity contribution in [2.24, 2.45) is 5.16 Å². The van der Waals surface area contributed by atoms with Crippen LogP contribution in [0.2, 0.25) is 0 Å². The van der Waals surface area contributed by atoms with Crippen LogP contribution in [-0.4, -0.2) is 29.6 Å². The zero-order chi connectivity index (χ0) is 8.15. The summed E-state index contributed by atoms with van der Waals surface area (Å²) in [5.74, 6) is -0.560. The molecule has 0 radical (unpaired) electrons. The van der Waals surface area contributed by atoms with E-state index in [1.165, 1.54) is 14.0 Å². The number of amides is 1. The van der Waals surface area contributed by atoms with Crippen molar-refractivity contribution < 1.29 is 10.0 Å². The van der Waals surface area contributed by atoms with Crippen LogP contribution >= 0.6 is 0 Å². The van der Waals surface area contributed by atoms with Gasteiger partial charge < -0.3 is 10.5 Å². The van der Waals surface area contributed by atoms with Crippen LogP contribution in [0.1, 0.15) is 6.92 Å². The first-order chi connectivity index (χ1) is 4.63. The van der Waals surface area contributed by atoms with Gasteiger partial charge in [-0.25, -0.2) is 0 Å². The second-order valence-corrected chi connectivity index (χ2v) is 1.64. The van der Waals surface area contributed by atoms with Crippen molar-refractivity contribution in [3.8, 4) is 0 Å². The Kier molecular flexibility index (Phi) is 3.10. The minimum Gasteiger partial charge on any atom is -0.411 e. The molecule has 3 N–H and O–H groups in total. The summed E-state index contributed by atoms with van der Waals surface area (Å²) in [5.41, 5.74) is -0.329. The van der Waals surface area contributed by atoms with E-state index in [0.717, 1.165) is 0 Å². The van der Waals surface area contributed by atoms with Gasteiger partial charge in [-0.1, -0.05) is 5.16 Å². The highest BCUT2D eigenvalue weighted by atomic mass is 16.4. The Bertz CT molecular complexity index is 185. The molecule has 10 heavy (non-hydrogen) atoms. The van der Waals surface area contributed by atoms with Crippen LogP contribution < -0.4 is 5.32 Å². The molecule has 5 heteroatoms. The molecule has 0 atom stereocenters. The van der Waals surface area contributed by atoms with Gasteiger partial charge in [-0.15, -0.1) is 0 Å². The summed E-state index contributed by atoms with van der Waals surface area (Å²) in [4.78, 5) is 10.6. The van der Waals surface area contributed by atoms with E-state index in [9.17, 15) is 4.79 Å². The molecular formula is C5H9N3O2. The quantitative estimate of drug-likeness (QED) is 0.279. The molecule has 1 amide bonds. The van der Waals surface area contributed by atoms with Gasteiger partial charge in [0.2, 0.25) is 0 Å². The van der Waals surface area contributed by atoms with Gasteiger partial charge >= 0.3 is 0 Å². The largest absolute Gasteiger partial charge is 0.411 e. The average Bonchev–Trinajstić information content (AvgIpc) is 2.00. The fourth-order valence-electron chi connectivity index (χ4n) is 0.339. The lowest BCUT2D eigenvalue weighted by atomic mass is 10.2. The lowest BCUT2D eigenvalue weighted by molar-refractivity contribution is -0.114. The highest BCUT2D eigenvalue weighted by Crippen LogP contribution is 1.79. The number of hydrogen-bond donors (Lipinski definition) is 3. The fourth-order valence-corrected chi connectivity index (χ4v) is 0.339. The normalized spacial score (nSPS) is 10.8. The van der Waals surface area contributed by atoms with Crippen LogP contribution in [0.5, 0.6) is 0 Å². The molecule has 0 aliphatic rings. The second kappa shape index (κ2) is 3.60. The molecule has 0 aromatic carbocycles. The zero-order valence-corrected chi connectivity index (χ0v) is 5.80. The first-order valence-corrected chi connectivity index (χ1v) is 2.63. The topological polar surface area (TPSA) is 85.5 Å². The number of carbonyl (C=O) groups is 1.